The molecular weight excluding hydrogens is 220 g/mol. The average molecular weight is 230 g/mol. The molecule has 0 saturated heterocycles. The Bertz CT molecular complexity index is 499. The predicted molar refractivity (Wildman–Crippen MR) is 60.6 cm³/mol. The predicted octanol–water partition coefficient (Wildman–Crippen LogP) is 1.18. The minimum atomic E-state index is -1.03. The number of nitrogens with zero attached hydrogens (tertiary/aromatic N) is 3. The van der Waals surface area contributed by atoms with Gasteiger partial charge in [0.1, 0.15) is 17.8 Å². The van der Waals surface area contributed by atoms with Gasteiger partial charge in [-0.2, -0.15) is 0 Å². The van der Waals surface area contributed by atoms with Crippen LogP contribution in [0.1, 0.15) is 16.1 Å². The van der Waals surface area contributed by atoms with E-state index in [9.17, 15) is 4.79 Å². The van der Waals surface area contributed by atoms with Gasteiger partial charge in [0.2, 0.25) is 0 Å². The summed E-state index contributed by atoms with van der Waals surface area (Å²) < 4.78 is 0. The molecule has 0 amide bonds. The summed E-state index contributed by atoms with van der Waals surface area (Å²) in [6.07, 6.45) is 4.62. The smallest absolute Gasteiger partial charge is 0.354 e. The van der Waals surface area contributed by atoms with Crippen molar-refractivity contribution in [3.05, 3.63) is 48.2 Å². The molecule has 0 fully saturated rings. The van der Waals surface area contributed by atoms with Crippen molar-refractivity contribution in [2.45, 2.75) is 6.54 Å². The van der Waals surface area contributed by atoms with Gasteiger partial charge in [-0.05, 0) is 17.7 Å². The van der Waals surface area contributed by atoms with E-state index in [0.29, 0.717) is 12.4 Å². The molecule has 2 aromatic rings. The zero-order valence-electron chi connectivity index (χ0n) is 8.87. The molecule has 2 N–H and O–H groups in total. The third-order valence-electron chi connectivity index (χ3n) is 2.10. The standard InChI is InChI=1S/C11H10N4O2/c16-11(17)9-2-1-8(5-13-9)6-14-10-3-4-12-7-15-10/h1-5,7H,6H2,(H,16,17)(H,12,14,15). The molecule has 0 aromatic carbocycles. The topological polar surface area (TPSA) is 88.0 Å². The van der Waals surface area contributed by atoms with Gasteiger partial charge in [0.25, 0.3) is 0 Å². The molecule has 0 spiro atoms. The Labute approximate surface area is 97.4 Å². The quantitative estimate of drug-likeness (QED) is 0.820. The van der Waals surface area contributed by atoms with Crippen LogP contribution in [0.2, 0.25) is 0 Å². The number of nitrogens with one attached hydrogen (secondary N) is 1. The van der Waals surface area contributed by atoms with Crippen LogP contribution in [-0.4, -0.2) is 26.0 Å². The fourth-order valence-electron chi connectivity index (χ4n) is 1.24. The van der Waals surface area contributed by atoms with Crippen LogP contribution in [0.4, 0.5) is 5.82 Å². The second-order valence-corrected chi connectivity index (χ2v) is 3.31. The molecule has 2 heterocycles. The number of aromatic carboxylic acids is 1. The minimum absolute atomic E-state index is 0.0378. The van der Waals surface area contributed by atoms with Crippen LogP contribution in [0.25, 0.3) is 0 Å². The fourth-order valence-corrected chi connectivity index (χ4v) is 1.24. The Morgan fingerprint density at radius 3 is 2.76 bits per heavy atom. The Morgan fingerprint density at radius 2 is 2.18 bits per heavy atom. The van der Waals surface area contributed by atoms with Gasteiger partial charge in [-0.1, -0.05) is 6.07 Å². The number of aromatic nitrogens is 3. The second-order valence-electron chi connectivity index (χ2n) is 3.31. The highest BCUT2D eigenvalue weighted by atomic mass is 16.4. The summed E-state index contributed by atoms with van der Waals surface area (Å²) in [6, 6.07) is 4.93. The maximum Gasteiger partial charge on any atom is 0.354 e. The summed E-state index contributed by atoms with van der Waals surface area (Å²) in [7, 11) is 0. The van der Waals surface area contributed by atoms with E-state index in [-0.39, 0.29) is 5.69 Å². The van der Waals surface area contributed by atoms with Crippen molar-refractivity contribution in [1.82, 2.24) is 15.0 Å². The van der Waals surface area contributed by atoms with Crippen LogP contribution in [-0.2, 0) is 6.54 Å². The Hall–Kier alpha value is -2.50. The first-order valence-corrected chi connectivity index (χ1v) is 4.94. The molecule has 6 heteroatoms. The number of hydrogen-bond donors (Lipinski definition) is 2. The van der Waals surface area contributed by atoms with Crippen LogP contribution in [0, 0.1) is 0 Å². The van der Waals surface area contributed by atoms with Crippen molar-refractivity contribution < 1.29 is 9.90 Å². The minimum Gasteiger partial charge on any atom is -0.477 e. The zero-order chi connectivity index (χ0) is 12.1. The van der Waals surface area contributed by atoms with Crippen molar-refractivity contribution in [2.75, 3.05) is 5.32 Å². The second kappa shape index (κ2) is 5.02. The summed E-state index contributed by atoms with van der Waals surface area (Å²) in [5, 5.41) is 11.8. The highest BCUT2D eigenvalue weighted by Crippen LogP contribution is 2.04. The highest BCUT2D eigenvalue weighted by Gasteiger charge is 2.03. The highest BCUT2D eigenvalue weighted by molar-refractivity contribution is 5.85. The molecule has 0 radical (unpaired) electrons. The number of anilines is 1. The normalized spacial score (nSPS) is 9.88. The van der Waals surface area contributed by atoms with Gasteiger partial charge < -0.3 is 10.4 Å². The molecule has 17 heavy (non-hydrogen) atoms. The van der Waals surface area contributed by atoms with Crippen molar-refractivity contribution in [1.29, 1.82) is 0 Å². The van der Waals surface area contributed by atoms with Gasteiger partial charge in [0.15, 0.2) is 0 Å². The third kappa shape index (κ3) is 2.97. The first-order valence-electron chi connectivity index (χ1n) is 4.94. The van der Waals surface area contributed by atoms with Crippen LogP contribution in [0.3, 0.4) is 0 Å². The van der Waals surface area contributed by atoms with Gasteiger partial charge in [0.05, 0.1) is 0 Å². The first kappa shape index (κ1) is 11.0. The van der Waals surface area contributed by atoms with Gasteiger partial charge in [-0.15, -0.1) is 0 Å². The van der Waals surface area contributed by atoms with Crippen molar-refractivity contribution in [3.8, 4) is 0 Å². The zero-order valence-corrected chi connectivity index (χ0v) is 8.87. The van der Waals surface area contributed by atoms with Gasteiger partial charge >= 0.3 is 5.97 Å². The SMILES string of the molecule is O=C(O)c1ccc(CNc2ccncn2)cn1. The van der Waals surface area contributed by atoms with Crippen LogP contribution >= 0.6 is 0 Å². The molecule has 0 unspecified atom stereocenters. The molecule has 0 aliphatic heterocycles. The molecule has 86 valence electrons. The van der Waals surface area contributed by atoms with E-state index in [1.54, 1.807) is 18.3 Å². The molecule has 0 saturated carbocycles. The van der Waals surface area contributed by atoms with Crippen molar-refractivity contribution in [3.63, 3.8) is 0 Å². The van der Waals surface area contributed by atoms with Crippen molar-refractivity contribution in [2.24, 2.45) is 0 Å². The molecular formula is C11H10N4O2. The number of carbonyl (C=O) groups is 1. The summed E-state index contributed by atoms with van der Waals surface area (Å²) in [5.41, 5.74) is 0.921. The number of carboxylic acids is 1. The molecule has 6 nitrogen and oxygen atoms in total. The molecule has 0 bridgehead atoms. The number of pyridine rings is 1. The molecule has 0 aliphatic carbocycles. The lowest BCUT2D eigenvalue weighted by Gasteiger charge is -2.04. The Morgan fingerprint density at radius 1 is 1.29 bits per heavy atom. The van der Waals surface area contributed by atoms with Crippen LogP contribution in [0.5, 0.6) is 0 Å². The molecule has 2 rings (SSSR count). The number of rotatable bonds is 4. The summed E-state index contributed by atoms with van der Waals surface area (Å²) in [4.78, 5) is 22.2. The summed E-state index contributed by atoms with van der Waals surface area (Å²) in [6.45, 7) is 0.532. The van der Waals surface area contributed by atoms with Crippen LogP contribution < -0.4 is 5.32 Å². The van der Waals surface area contributed by atoms with Gasteiger partial charge in [-0.25, -0.2) is 19.7 Å². The molecule has 0 aliphatic rings. The largest absolute Gasteiger partial charge is 0.477 e. The lowest BCUT2D eigenvalue weighted by molar-refractivity contribution is 0.0690. The number of hydrogen-bond acceptors (Lipinski definition) is 5. The number of carboxylic acid groups (broad SMARTS) is 1. The van der Waals surface area contributed by atoms with E-state index in [0.717, 1.165) is 5.56 Å². The van der Waals surface area contributed by atoms with E-state index in [1.807, 2.05) is 0 Å². The Balaban J connectivity index is 1.98. The average Bonchev–Trinajstić information content (AvgIpc) is 2.38. The summed E-state index contributed by atoms with van der Waals surface area (Å²) >= 11 is 0. The van der Waals surface area contributed by atoms with Gasteiger partial charge in [-0.3, -0.25) is 0 Å². The molecule has 2 aromatic heterocycles. The van der Waals surface area contributed by atoms with Crippen molar-refractivity contribution >= 4 is 11.8 Å². The van der Waals surface area contributed by atoms with Crippen LogP contribution in [0.15, 0.2) is 36.9 Å². The molecule has 0 atom stereocenters. The maximum absolute atomic E-state index is 10.6. The van der Waals surface area contributed by atoms with E-state index in [2.05, 4.69) is 20.3 Å². The summed E-state index contributed by atoms with van der Waals surface area (Å²) in [5.74, 6) is -0.317. The Kier molecular flexibility index (Phi) is 3.25. The third-order valence-corrected chi connectivity index (χ3v) is 2.10. The fraction of sp³-hybridized carbons (Fsp3) is 0.0909. The lowest BCUT2D eigenvalue weighted by Crippen LogP contribution is -2.04. The van der Waals surface area contributed by atoms with E-state index >= 15 is 0 Å². The van der Waals surface area contributed by atoms with Gasteiger partial charge in [0, 0.05) is 18.9 Å². The van der Waals surface area contributed by atoms with E-state index in [4.69, 9.17) is 5.11 Å². The van der Waals surface area contributed by atoms with E-state index < -0.39 is 5.97 Å². The monoisotopic (exact) mass is 230 g/mol. The maximum atomic E-state index is 10.6. The van der Waals surface area contributed by atoms with E-state index in [1.165, 1.54) is 18.6 Å². The lowest BCUT2D eigenvalue weighted by atomic mass is 10.2. The first-order chi connectivity index (χ1) is 8.25.